The third-order valence-electron chi connectivity index (χ3n) is 4.01. The smallest absolute Gasteiger partial charge is 0.129 e. The first kappa shape index (κ1) is 15.3. The summed E-state index contributed by atoms with van der Waals surface area (Å²) in [6.45, 7) is 1.79. The van der Waals surface area contributed by atoms with Gasteiger partial charge in [0.25, 0.3) is 0 Å². The summed E-state index contributed by atoms with van der Waals surface area (Å²) in [7, 11) is 2.22. The van der Waals surface area contributed by atoms with Crippen molar-refractivity contribution in [3.05, 3.63) is 29.8 Å². The van der Waals surface area contributed by atoms with Crippen molar-refractivity contribution >= 4 is 17.2 Å². The molecule has 0 saturated heterocycles. The topological polar surface area (TPSA) is 38.5 Å². The van der Waals surface area contributed by atoms with Gasteiger partial charge in [0.2, 0.25) is 0 Å². The van der Waals surface area contributed by atoms with Crippen LogP contribution in [-0.4, -0.2) is 36.1 Å². The Morgan fingerprint density at radius 2 is 2.05 bits per heavy atom. The van der Waals surface area contributed by atoms with Crippen LogP contribution in [0.5, 0.6) is 5.75 Å². The van der Waals surface area contributed by atoms with Crippen LogP contribution >= 0.6 is 12.2 Å². The summed E-state index contributed by atoms with van der Waals surface area (Å²) in [5.74, 6) is 0.795. The summed E-state index contributed by atoms with van der Waals surface area (Å²) in [5.41, 5.74) is 6.52. The van der Waals surface area contributed by atoms with Gasteiger partial charge in [-0.05, 0) is 38.4 Å². The lowest BCUT2D eigenvalue weighted by Gasteiger charge is -2.23. The van der Waals surface area contributed by atoms with Gasteiger partial charge in [-0.25, -0.2) is 0 Å². The molecule has 20 heavy (non-hydrogen) atoms. The van der Waals surface area contributed by atoms with E-state index < -0.39 is 0 Å². The zero-order chi connectivity index (χ0) is 14.4. The molecule has 0 aromatic heterocycles. The van der Waals surface area contributed by atoms with Gasteiger partial charge >= 0.3 is 0 Å². The third kappa shape index (κ3) is 4.18. The maximum Gasteiger partial charge on any atom is 0.129 e. The Hall–Kier alpha value is -1.13. The molecule has 1 fully saturated rings. The fourth-order valence-corrected chi connectivity index (χ4v) is 2.99. The zero-order valence-corrected chi connectivity index (χ0v) is 13.0. The molecule has 2 rings (SSSR count). The maximum atomic E-state index is 5.82. The van der Waals surface area contributed by atoms with Gasteiger partial charge in [0, 0.05) is 12.6 Å². The highest BCUT2D eigenvalue weighted by atomic mass is 32.1. The molecule has 0 amide bonds. The minimum absolute atomic E-state index is 0.392. The Labute approximate surface area is 127 Å². The first-order valence-electron chi connectivity index (χ1n) is 7.40. The van der Waals surface area contributed by atoms with Gasteiger partial charge in [-0.15, -0.1) is 0 Å². The minimum atomic E-state index is 0.392. The molecule has 110 valence electrons. The van der Waals surface area contributed by atoms with Crippen molar-refractivity contribution in [2.75, 3.05) is 20.2 Å². The van der Waals surface area contributed by atoms with Crippen LogP contribution in [-0.2, 0) is 0 Å². The lowest BCUT2D eigenvalue weighted by molar-refractivity contribution is 0.216. The molecule has 2 N–H and O–H groups in total. The summed E-state index contributed by atoms with van der Waals surface area (Å²) in [5, 5.41) is 0. The van der Waals surface area contributed by atoms with E-state index in [4.69, 9.17) is 22.7 Å². The molecule has 0 unspecified atom stereocenters. The number of nitrogens with two attached hydrogens (primary N) is 1. The summed E-state index contributed by atoms with van der Waals surface area (Å²) >= 11 is 5.03. The number of nitrogens with zero attached hydrogens (tertiary/aromatic N) is 1. The molecule has 1 aromatic rings. The van der Waals surface area contributed by atoms with Crippen LogP contribution in [0.3, 0.4) is 0 Å². The van der Waals surface area contributed by atoms with E-state index in [1.54, 1.807) is 0 Å². The van der Waals surface area contributed by atoms with Crippen LogP contribution in [0.15, 0.2) is 24.3 Å². The van der Waals surface area contributed by atoms with Crippen molar-refractivity contribution in [3.63, 3.8) is 0 Å². The van der Waals surface area contributed by atoms with E-state index in [9.17, 15) is 0 Å². The van der Waals surface area contributed by atoms with Gasteiger partial charge in [0.1, 0.15) is 10.7 Å². The summed E-state index contributed by atoms with van der Waals surface area (Å²) < 4.78 is 5.82. The number of hydrogen-bond donors (Lipinski definition) is 1. The van der Waals surface area contributed by atoms with Crippen LogP contribution in [0.2, 0.25) is 0 Å². The molecule has 1 aliphatic carbocycles. The van der Waals surface area contributed by atoms with Gasteiger partial charge in [-0.3, -0.25) is 0 Å². The minimum Gasteiger partial charge on any atom is -0.493 e. The molecule has 0 heterocycles. The van der Waals surface area contributed by atoms with Crippen molar-refractivity contribution in [2.45, 2.75) is 38.1 Å². The fraction of sp³-hybridized carbons (Fsp3) is 0.562. The van der Waals surface area contributed by atoms with Crippen molar-refractivity contribution in [3.8, 4) is 5.75 Å². The van der Waals surface area contributed by atoms with E-state index in [0.717, 1.165) is 30.3 Å². The number of benzene rings is 1. The van der Waals surface area contributed by atoms with Crippen LogP contribution in [0.1, 0.15) is 37.7 Å². The second-order valence-corrected chi connectivity index (χ2v) is 5.92. The average Bonchev–Trinajstić information content (AvgIpc) is 2.98. The van der Waals surface area contributed by atoms with Gasteiger partial charge < -0.3 is 15.4 Å². The van der Waals surface area contributed by atoms with Gasteiger partial charge in [0.15, 0.2) is 0 Å². The monoisotopic (exact) mass is 292 g/mol. The van der Waals surface area contributed by atoms with E-state index in [1.807, 2.05) is 24.3 Å². The highest BCUT2D eigenvalue weighted by molar-refractivity contribution is 7.80. The number of rotatable bonds is 7. The summed E-state index contributed by atoms with van der Waals surface area (Å²) in [6.07, 6.45) is 6.49. The van der Waals surface area contributed by atoms with Crippen molar-refractivity contribution in [2.24, 2.45) is 5.73 Å². The molecule has 0 radical (unpaired) electrons. The van der Waals surface area contributed by atoms with Gasteiger partial charge in [0.05, 0.1) is 12.2 Å². The number of ether oxygens (including phenoxy) is 1. The Morgan fingerprint density at radius 3 is 2.75 bits per heavy atom. The van der Waals surface area contributed by atoms with Gasteiger partial charge in [-0.2, -0.15) is 0 Å². The molecular weight excluding hydrogens is 268 g/mol. The molecule has 0 spiro atoms. The van der Waals surface area contributed by atoms with Crippen molar-refractivity contribution in [1.29, 1.82) is 0 Å². The Kier molecular flexibility index (Phi) is 5.80. The molecular formula is C16H24N2OS. The number of para-hydroxylation sites is 1. The molecule has 0 atom stereocenters. The second kappa shape index (κ2) is 7.60. The molecule has 1 aromatic carbocycles. The molecule has 1 saturated carbocycles. The molecule has 4 heteroatoms. The van der Waals surface area contributed by atoms with Crippen LogP contribution in [0.25, 0.3) is 0 Å². The van der Waals surface area contributed by atoms with Crippen molar-refractivity contribution in [1.82, 2.24) is 4.90 Å². The fourth-order valence-electron chi connectivity index (χ4n) is 2.82. The highest BCUT2D eigenvalue weighted by Gasteiger charge is 2.18. The number of hydrogen-bond acceptors (Lipinski definition) is 3. The van der Waals surface area contributed by atoms with Gasteiger partial charge in [-0.1, -0.05) is 37.2 Å². The van der Waals surface area contributed by atoms with Crippen LogP contribution < -0.4 is 10.5 Å². The standard InChI is InChI=1S/C16H24N2OS/c1-18(13-7-2-3-8-13)11-6-12-19-15-10-5-4-9-14(15)16(17)20/h4-5,9-10,13H,2-3,6-8,11-12H2,1H3,(H2,17,20). The van der Waals surface area contributed by atoms with E-state index in [2.05, 4.69) is 11.9 Å². The highest BCUT2D eigenvalue weighted by Crippen LogP contribution is 2.22. The van der Waals surface area contributed by atoms with E-state index in [0.29, 0.717) is 11.6 Å². The molecule has 3 nitrogen and oxygen atoms in total. The zero-order valence-electron chi connectivity index (χ0n) is 12.2. The normalized spacial score (nSPS) is 15.7. The summed E-state index contributed by atoms with van der Waals surface area (Å²) in [6, 6.07) is 8.48. The maximum absolute atomic E-state index is 5.82. The predicted octanol–water partition coefficient (Wildman–Crippen LogP) is 2.96. The Bertz CT molecular complexity index is 444. The second-order valence-electron chi connectivity index (χ2n) is 5.48. The number of thiocarbonyl (C=S) groups is 1. The largest absolute Gasteiger partial charge is 0.493 e. The summed E-state index contributed by atoms with van der Waals surface area (Å²) in [4.78, 5) is 2.86. The van der Waals surface area contributed by atoms with E-state index in [1.165, 1.54) is 25.7 Å². The van der Waals surface area contributed by atoms with E-state index in [-0.39, 0.29) is 0 Å². The Morgan fingerprint density at radius 1 is 1.35 bits per heavy atom. The lowest BCUT2D eigenvalue weighted by Crippen LogP contribution is -2.30. The molecule has 0 aliphatic heterocycles. The van der Waals surface area contributed by atoms with Crippen LogP contribution in [0, 0.1) is 0 Å². The Balaban J connectivity index is 1.74. The molecule has 1 aliphatic rings. The first-order valence-corrected chi connectivity index (χ1v) is 7.81. The van der Waals surface area contributed by atoms with E-state index >= 15 is 0 Å². The average molecular weight is 292 g/mol. The predicted molar refractivity (Wildman–Crippen MR) is 87.3 cm³/mol. The first-order chi connectivity index (χ1) is 9.68. The molecule has 0 bridgehead atoms. The lowest BCUT2D eigenvalue weighted by atomic mass is 10.2. The third-order valence-corrected chi connectivity index (χ3v) is 4.23. The quantitative estimate of drug-likeness (QED) is 0.619. The van der Waals surface area contributed by atoms with Crippen molar-refractivity contribution < 1.29 is 4.74 Å². The van der Waals surface area contributed by atoms with Crippen LogP contribution in [0.4, 0.5) is 0 Å². The SMILES string of the molecule is CN(CCCOc1ccccc1C(N)=S)C1CCCC1.